The number of nitrogens with zero attached hydrogens (tertiary/aromatic N) is 2. The summed E-state index contributed by atoms with van der Waals surface area (Å²) in [5, 5.41) is 0. The lowest BCUT2D eigenvalue weighted by molar-refractivity contribution is 0.0789. The predicted octanol–water partition coefficient (Wildman–Crippen LogP) is 3.24. The summed E-state index contributed by atoms with van der Waals surface area (Å²) in [6.07, 6.45) is 3.84. The van der Waals surface area contributed by atoms with Crippen LogP contribution in [0.2, 0.25) is 0 Å². The number of anilines is 1. The summed E-state index contributed by atoms with van der Waals surface area (Å²) < 4.78 is 0. The average Bonchev–Trinajstić information content (AvgIpc) is 3.10. The Morgan fingerprint density at radius 3 is 2.27 bits per heavy atom. The molecule has 0 bridgehead atoms. The van der Waals surface area contributed by atoms with Gasteiger partial charge in [0, 0.05) is 49.4 Å². The van der Waals surface area contributed by atoms with E-state index in [9.17, 15) is 4.79 Å². The molecule has 0 aromatic heterocycles. The number of likely N-dealkylation sites (tertiary alicyclic amines) is 1. The highest BCUT2D eigenvalue weighted by Crippen LogP contribution is 2.28. The van der Waals surface area contributed by atoms with Gasteiger partial charge in [0.1, 0.15) is 0 Å². The summed E-state index contributed by atoms with van der Waals surface area (Å²) >= 11 is 0. The third kappa shape index (κ3) is 3.47. The molecular weight excluding hydrogens is 322 g/mol. The van der Waals surface area contributed by atoms with E-state index in [1.54, 1.807) is 0 Å². The van der Waals surface area contributed by atoms with Crippen molar-refractivity contribution >= 4 is 11.6 Å². The molecule has 2 atom stereocenters. The van der Waals surface area contributed by atoms with Gasteiger partial charge in [-0.05, 0) is 49.1 Å². The first-order chi connectivity index (χ1) is 12.7. The standard InChI is InChI=1S/C22H27N3O/c23-21-16-25(15-20(21)17-7-3-1-4-8-17)22(26)18-9-11-19(12-10-18)24-13-5-2-6-14-24/h1,3-4,7-12,20-21H,2,5-6,13-16,23H2/t20-,21+/m0/s1. The van der Waals surface area contributed by atoms with E-state index in [1.807, 2.05) is 35.2 Å². The molecule has 4 rings (SSSR count). The van der Waals surface area contributed by atoms with Gasteiger partial charge in [0.05, 0.1) is 0 Å². The van der Waals surface area contributed by atoms with Crippen LogP contribution in [0.4, 0.5) is 5.69 Å². The second kappa shape index (κ2) is 7.50. The number of rotatable bonds is 3. The van der Waals surface area contributed by atoms with E-state index in [1.165, 1.54) is 30.5 Å². The highest BCUT2D eigenvalue weighted by atomic mass is 16.2. The van der Waals surface area contributed by atoms with Gasteiger partial charge in [0.2, 0.25) is 0 Å². The lowest BCUT2D eigenvalue weighted by atomic mass is 9.95. The van der Waals surface area contributed by atoms with Gasteiger partial charge in [0.15, 0.2) is 0 Å². The molecule has 136 valence electrons. The number of carbonyl (C=O) groups excluding carboxylic acids is 1. The Morgan fingerprint density at radius 2 is 1.58 bits per heavy atom. The zero-order valence-electron chi connectivity index (χ0n) is 15.2. The van der Waals surface area contributed by atoms with Gasteiger partial charge >= 0.3 is 0 Å². The molecule has 26 heavy (non-hydrogen) atoms. The Bertz CT molecular complexity index is 738. The van der Waals surface area contributed by atoms with Gasteiger partial charge in [-0.1, -0.05) is 30.3 Å². The van der Waals surface area contributed by atoms with E-state index >= 15 is 0 Å². The molecular formula is C22H27N3O. The van der Waals surface area contributed by atoms with Crippen molar-refractivity contribution in [2.45, 2.75) is 31.2 Å². The molecule has 0 radical (unpaired) electrons. The molecule has 2 N–H and O–H groups in total. The van der Waals surface area contributed by atoms with Crippen LogP contribution in [-0.4, -0.2) is 43.0 Å². The van der Waals surface area contributed by atoms with Crippen LogP contribution >= 0.6 is 0 Å². The lowest BCUT2D eigenvalue weighted by Crippen LogP contribution is -2.32. The van der Waals surface area contributed by atoms with E-state index in [2.05, 4.69) is 29.2 Å². The number of benzene rings is 2. The number of hydrogen-bond donors (Lipinski definition) is 1. The highest BCUT2D eigenvalue weighted by Gasteiger charge is 2.34. The van der Waals surface area contributed by atoms with Crippen molar-refractivity contribution in [1.29, 1.82) is 0 Å². The molecule has 2 aromatic carbocycles. The molecule has 1 amide bonds. The Labute approximate surface area is 155 Å². The van der Waals surface area contributed by atoms with E-state index in [4.69, 9.17) is 5.73 Å². The summed E-state index contributed by atoms with van der Waals surface area (Å²) in [6, 6.07) is 18.4. The first-order valence-electron chi connectivity index (χ1n) is 9.67. The second-order valence-electron chi connectivity index (χ2n) is 7.49. The fourth-order valence-corrected chi connectivity index (χ4v) is 4.20. The molecule has 2 aliphatic heterocycles. The molecule has 0 saturated carbocycles. The SMILES string of the molecule is N[C@@H]1CN(C(=O)c2ccc(N3CCCCC3)cc2)C[C@H]1c1ccccc1. The van der Waals surface area contributed by atoms with Crippen LogP contribution < -0.4 is 10.6 Å². The topological polar surface area (TPSA) is 49.6 Å². The number of nitrogens with two attached hydrogens (primary N) is 1. The molecule has 2 saturated heterocycles. The minimum atomic E-state index is -0.00558. The summed E-state index contributed by atoms with van der Waals surface area (Å²) in [4.78, 5) is 17.2. The van der Waals surface area contributed by atoms with Gasteiger partial charge in [0.25, 0.3) is 5.91 Å². The summed E-state index contributed by atoms with van der Waals surface area (Å²) in [5.74, 6) is 0.303. The molecule has 0 unspecified atom stereocenters. The minimum absolute atomic E-state index is 0.00558. The lowest BCUT2D eigenvalue weighted by Gasteiger charge is -2.29. The molecule has 2 heterocycles. The van der Waals surface area contributed by atoms with Crippen molar-refractivity contribution in [2.75, 3.05) is 31.1 Å². The normalized spacial score (nSPS) is 23.3. The monoisotopic (exact) mass is 349 g/mol. The first kappa shape index (κ1) is 17.1. The van der Waals surface area contributed by atoms with Crippen LogP contribution in [0.25, 0.3) is 0 Å². The maximum atomic E-state index is 12.9. The van der Waals surface area contributed by atoms with Crippen LogP contribution in [0.15, 0.2) is 54.6 Å². The molecule has 2 aliphatic rings. The van der Waals surface area contributed by atoms with Gasteiger partial charge < -0.3 is 15.5 Å². The average molecular weight is 349 g/mol. The van der Waals surface area contributed by atoms with Gasteiger partial charge in [-0.3, -0.25) is 4.79 Å². The highest BCUT2D eigenvalue weighted by molar-refractivity contribution is 5.95. The zero-order chi connectivity index (χ0) is 17.9. The maximum absolute atomic E-state index is 12.9. The molecule has 4 nitrogen and oxygen atoms in total. The Hall–Kier alpha value is -2.33. The largest absolute Gasteiger partial charge is 0.372 e. The third-order valence-corrected chi connectivity index (χ3v) is 5.72. The molecule has 2 aromatic rings. The molecule has 0 spiro atoms. The van der Waals surface area contributed by atoms with Crippen molar-refractivity contribution in [3.05, 3.63) is 65.7 Å². The second-order valence-corrected chi connectivity index (χ2v) is 7.49. The number of amides is 1. The van der Waals surface area contributed by atoms with E-state index < -0.39 is 0 Å². The van der Waals surface area contributed by atoms with Crippen molar-refractivity contribution in [1.82, 2.24) is 4.90 Å². The van der Waals surface area contributed by atoms with Crippen molar-refractivity contribution in [3.8, 4) is 0 Å². The van der Waals surface area contributed by atoms with Crippen LogP contribution in [-0.2, 0) is 0 Å². The summed E-state index contributed by atoms with van der Waals surface area (Å²) in [5.41, 5.74) is 9.54. The Morgan fingerprint density at radius 1 is 0.885 bits per heavy atom. The minimum Gasteiger partial charge on any atom is -0.372 e. The summed E-state index contributed by atoms with van der Waals surface area (Å²) in [6.45, 7) is 3.55. The number of carbonyl (C=O) groups is 1. The first-order valence-corrected chi connectivity index (χ1v) is 9.67. The van der Waals surface area contributed by atoms with Gasteiger partial charge in [-0.25, -0.2) is 0 Å². The number of piperidine rings is 1. The maximum Gasteiger partial charge on any atom is 0.253 e. The van der Waals surface area contributed by atoms with Crippen LogP contribution in [0.5, 0.6) is 0 Å². The van der Waals surface area contributed by atoms with Crippen molar-refractivity contribution < 1.29 is 4.79 Å². The fraction of sp³-hybridized carbons (Fsp3) is 0.409. The molecule has 0 aliphatic carbocycles. The number of hydrogen-bond acceptors (Lipinski definition) is 3. The molecule has 2 fully saturated rings. The van der Waals surface area contributed by atoms with Crippen molar-refractivity contribution in [3.63, 3.8) is 0 Å². The quantitative estimate of drug-likeness (QED) is 0.925. The van der Waals surface area contributed by atoms with Gasteiger partial charge in [-0.15, -0.1) is 0 Å². The van der Waals surface area contributed by atoms with Crippen LogP contribution in [0, 0.1) is 0 Å². The van der Waals surface area contributed by atoms with Crippen molar-refractivity contribution in [2.24, 2.45) is 5.73 Å². The summed E-state index contributed by atoms with van der Waals surface area (Å²) in [7, 11) is 0. The Balaban J connectivity index is 1.44. The van der Waals surface area contributed by atoms with E-state index in [0.717, 1.165) is 18.7 Å². The zero-order valence-corrected chi connectivity index (χ0v) is 15.2. The third-order valence-electron chi connectivity index (χ3n) is 5.72. The van der Waals surface area contributed by atoms with E-state index in [0.29, 0.717) is 13.1 Å². The van der Waals surface area contributed by atoms with Gasteiger partial charge in [-0.2, -0.15) is 0 Å². The van der Waals surface area contributed by atoms with E-state index in [-0.39, 0.29) is 17.9 Å². The molecule has 4 heteroatoms. The Kier molecular flexibility index (Phi) is 4.93. The smallest absolute Gasteiger partial charge is 0.253 e. The van der Waals surface area contributed by atoms with Crippen LogP contribution in [0.1, 0.15) is 41.1 Å². The van der Waals surface area contributed by atoms with Crippen LogP contribution in [0.3, 0.4) is 0 Å². The fourth-order valence-electron chi connectivity index (χ4n) is 4.20. The predicted molar refractivity (Wildman–Crippen MR) is 106 cm³/mol.